The van der Waals surface area contributed by atoms with E-state index in [1.54, 1.807) is 0 Å². The number of rotatable bonds is 8. The molecule has 5 aromatic carbocycles. The van der Waals surface area contributed by atoms with Crippen molar-refractivity contribution in [2.45, 2.75) is 64.0 Å². The van der Waals surface area contributed by atoms with Gasteiger partial charge in [0.1, 0.15) is 11.5 Å². The molecule has 1 aliphatic carbocycles. The average molecular weight is 607 g/mol. The van der Waals surface area contributed by atoms with Crippen LogP contribution in [0.5, 0.6) is 11.5 Å². The molecule has 0 spiro atoms. The van der Waals surface area contributed by atoms with Gasteiger partial charge in [0.2, 0.25) is 0 Å². The van der Waals surface area contributed by atoms with Crippen molar-refractivity contribution in [2.24, 2.45) is 9.98 Å². The molecule has 1 aliphatic rings. The molecule has 2 N–H and O–H groups in total. The molecule has 0 aliphatic heterocycles. The van der Waals surface area contributed by atoms with Crippen molar-refractivity contribution in [3.63, 3.8) is 0 Å². The van der Waals surface area contributed by atoms with Gasteiger partial charge in [-0.25, -0.2) is 0 Å². The van der Waals surface area contributed by atoms with Gasteiger partial charge >= 0.3 is 0 Å². The van der Waals surface area contributed by atoms with E-state index in [4.69, 9.17) is 9.98 Å². The lowest BCUT2D eigenvalue weighted by atomic mass is 9.64. The van der Waals surface area contributed by atoms with Gasteiger partial charge in [0.15, 0.2) is 0 Å². The smallest absolute Gasteiger partial charge is 0.129 e. The highest BCUT2D eigenvalue weighted by atomic mass is 16.3. The number of phenolic OH excluding ortho intramolecular Hbond substituents is 2. The van der Waals surface area contributed by atoms with Crippen molar-refractivity contribution < 1.29 is 10.2 Å². The fourth-order valence-electron chi connectivity index (χ4n) is 7.10. The Balaban J connectivity index is 1.44. The standard InChI is InChI=1S/C42H42N2O2/c1-29-23-31(3)40(45)32(24-29)27-43-38-21-13-14-22-39(38)44-28-33-25-30(2)26-37(41(33)46)42(34-15-7-4-8-16-34,35-17-9-5-10-18-35)36-19-11-6-12-20-36/h4-12,15-20,23-28,38-39,45-46H,13-14,21-22H2,1-3H3/t38-,39-/m1/s1. The Morgan fingerprint density at radius 2 is 0.978 bits per heavy atom. The summed E-state index contributed by atoms with van der Waals surface area (Å²) in [7, 11) is 0. The summed E-state index contributed by atoms with van der Waals surface area (Å²) in [5.41, 5.74) is 7.72. The van der Waals surface area contributed by atoms with Gasteiger partial charge in [-0.15, -0.1) is 0 Å². The molecule has 0 aromatic heterocycles. The molecule has 0 heterocycles. The third-order valence-electron chi connectivity index (χ3n) is 9.29. The predicted octanol–water partition coefficient (Wildman–Crippen LogP) is 9.25. The SMILES string of the molecule is Cc1cc(C)c(O)c(C=N[C@@H]2CCCC[C@H]2N=Cc2cc(C)cc(C(c3ccccc3)(c3ccccc3)c3ccccc3)c2O)c1. The van der Waals surface area contributed by atoms with Gasteiger partial charge in [0, 0.05) is 29.1 Å². The molecule has 232 valence electrons. The lowest BCUT2D eigenvalue weighted by Gasteiger charge is -2.37. The van der Waals surface area contributed by atoms with E-state index in [2.05, 4.69) is 85.8 Å². The second kappa shape index (κ2) is 13.6. The number of benzene rings is 5. The lowest BCUT2D eigenvalue weighted by molar-refractivity contribution is 0.390. The topological polar surface area (TPSA) is 65.2 Å². The molecule has 5 aromatic rings. The van der Waals surface area contributed by atoms with Gasteiger partial charge in [0.05, 0.1) is 17.5 Å². The number of hydrogen-bond donors (Lipinski definition) is 2. The summed E-state index contributed by atoms with van der Waals surface area (Å²) in [6.45, 7) is 6.02. The maximum atomic E-state index is 12.2. The Morgan fingerprint density at radius 3 is 1.43 bits per heavy atom. The lowest BCUT2D eigenvalue weighted by Crippen LogP contribution is -2.31. The number of aromatic hydroxyl groups is 2. The van der Waals surface area contributed by atoms with E-state index in [1.165, 1.54) is 0 Å². The third kappa shape index (κ3) is 6.12. The highest BCUT2D eigenvalue weighted by molar-refractivity contribution is 5.86. The first kappa shape index (κ1) is 31.0. The zero-order chi connectivity index (χ0) is 32.1. The first-order chi connectivity index (χ1) is 22.4. The highest BCUT2D eigenvalue weighted by Crippen LogP contribution is 2.49. The fourth-order valence-corrected chi connectivity index (χ4v) is 7.10. The molecule has 0 saturated heterocycles. The largest absolute Gasteiger partial charge is 0.507 e. The molecule has 0 bridgehead atoms. The molecule has 0 radical (unpaired) electrons. The van der Waals surface area contributed by atoms with Crippen LogP contribution in [0, 0.1) is 20.8 Å². The van der Waals surface area contributed by atoms with Crippen molar-refractivity contribution in [3.8, 4) is 11.5 Å². The van der Waals surface area contributed by atoms with E-state index >= 15 is 0 Å². The maximum Gasteiger partial charge on any atom is 0.129 e. The summed E-state index contributed by atoms with van der Waals surface area (Å²) >= 11 is 0. The van der Waals surface area contributed by atoms with Crippen molar-refractivity contribution in [3.05, 3.63) is 165 Å². The van der Waals surface area contributed by atoms with Gasteiger partial charge in [-0.05, 0) is 79.1 Å². The molecule has 1 fully saturated rings. The quantitative estimate of drug-likeness (QED) is 0.137. The fraction of sp³-hybridized carbons (Fsp3) is 0.238. The predicted molar refractivity (Wildman–Crippen MR) is 190 cm³/mol. The molecule has 0 amide bonds. The summed E-state index contributed by atoms with van der Waals surface area (Å²) in [5.74, 6) is 0.503. The maximum absolute atomic E-state index is 12.2. The van der Waals surface area contributed by atoms with Gasteiger partial charge < -0.3 is 10.2 Å². The molecule has 1 saturated carbocycles. The minimum Gasteiger partial charge on any atom is -0.507 e. The number of aliphatic imine (C=N–C) groups is 2. The van der Waals surface area contributed by atoms with Crippen LogP contribution in [0.3, 0.4) is 0 Å². The summed E-state index contributed by atoms with van der Waals surface area (Å²) in [6.07, 6.45) is 7.72. The first-order valence-electron chi connectivity index (χ1n) is 16.2. The normalized spacial score (nSPS) is 17.1. The Hall–Kier alpha value is -4.96. The van der Waals surface area contributed by atoms with E-state index in [0.717, 1.165) is 70.2 Å². The minimum absolute atomic E-state index is 0.00804. The summed E-state index contributed by atoms with van der Waals surface area (Å²) in [5, 5.41) is 22.8. The van der Waals surface area contributed by atoms with E-state index in [-0.39, 0.29) is 23.6 Å². The summed E-state index contributed by atoms with van der Waals surface area (Å²) < 4.78 is 0. The Labute approximate surface area is 272 Å². The Kier molecular flexibility index (Phi) is 9.16. The van der Waals surface area contributed by atoms with E-state index in [0.29, 0.717) is 5.56 Å². The van der Waals surface area contributed by atoms with Crippen LogP contribution in [0.1, 0.15) is 75.8 Å². The van der Waals surface area contributed by atoms with Gasteiger partial charge in [-0.2, -0.15) is 0 Å². The molecule has 4 heteroatoms. The number of aryl methyl sites for hydroxylation is 3. The minimum atomic E-state index is -0.756. The van der Waals surface area contributed by atoms with Crippen LogP contribution in [0.4, 0.5) is 0 Å². The monoisotopic (exact) mass is 606 g/mol. The van der Waals surface area contributed by atoms with Crippen LogP contribution >= 0.6 is 0 Å². The first-order valence-corrected chi connectivity index (χ1v) is 16.2. The van der Waals surface area contributed by atoms with E-state index in [9.17, 15) is 10.2 Å². The summed E-state index contributed by atoms with van der Waals surface area (Å²) in [4.78, 5) is 10.0. The van der Waals surface area contributed by atoms with Crippen molar-refractivity contribution in [2.75, 3.05) is 0 Å². The average Bonchev–Trinajstić information content (AvgIpc) is 3.08. The van der Waals surface area contributed by atoms with Crippen LogP contribution in [-0.2, 0) is 5.41 Å². The van der Waals surface area contributed by atoms with Crippen LogP contribution < -0.4 is 0 Å². The van der Waals surface area contributed by atoms with Gasteiger partial charge in [-0.1, -0.05) is 116 Å². The second-order valence-electron chi connectivity index (χ2n) is 12.6. The van der Waals surface area contributed by atoms with Crippen LogP contribution in [-0.4, -0.2) is 34.7 Å². The molecular formula is C42H42N2O2. The van der Waals surface area contributed by atoms with Crippen LogP contribution in [0.15, 0.2) is 125 Å². The summed E-state index contributed by atoms with van der Waals surface area (Å²) in [6, 6.07) is 39.4. The van der Waals surface area contributed by atoms with E-state index in [1.807, 2.05) is 62.7 Å². The molecule has 2 atom stereocenters. The van der Waals surface area contributed by atoms with Crippen LogP contribution in [0.25, 0.3) is 0 Å². The third-order valence-corrected chi connectivity index (χ3v) is 9.29. The molecule has 0 unspecified atom stereocenters. The molecule has 46 heavy (non-hydrogen) atoms. The highest BCUT2D eigenvalue weighted by Gasteiger charge is 2.40. The van der Waals surface area contributed by atoms with Gasteiger partial charge in [0.25, 0.3) is 0 Å². The Bertz CT molecular complexity index is 1750. The van der Waals surface area contributed by atoms with Crippen molar-refractivity contribution >= 4 is 12.4 Å². The number of hydrogen-bond acceptors (Lipinski definition) is 4. The van der Waals surface area contributed by atoms with Crippen LogP contribution in [0.2, 0.25) is 0 Å². The van der Waals surface area contributed by atoms with Crippen molar-refractivity contribution in [1.29, 1.82) is 0 Å². The number of phenols is 2. The van der Waals surface area contributed by atoms with Gasteiger partial charge in [-0.3, -0.25) is 9.98 Å². The zero-order valence-corrected chi connectivity index (χ0v) is 26.9. The van der Waals surface area contributed by atoms with E-state index < -0.39 is 5.41 Å². The molecular weight excluding hydrogens is 564 g/mol. The number of nitrogens with zero attached hydrogens (tertiary/aromatic N) is 2. The zero-order valence-electron chi connectivity index (χ0n) is 26.9. The molecule has 4 nitrogen and oxygen atoms in total. The van der Waals surface area contributed by atoms with Crippen molar-refractivity contribution in [1.82, 2.24) is 0 Å². The molecule has 6 rings (SSSR count). The second-order valence-corrected chi connectivity index (χ2v) is 12.6. The Morgan fingerprint density at radius 1 is 0.565 bits per heavy atom.